The third-order valence-corrected chi connectivity index (χ3v) is 5.03. The van der Waals surface area contributed by atoms with Crippen LogP contribution in [0.4, 0.5) is 0 Å². The minimum Gasteiger partial charge on any atom is -0.395 e. The predicted molar refractivity (Wildman–Crippen MR) is 96.5 cm³/mol. The molecular formula is C19H22N2OS. The van der Waals surface area contributed by atoms with Gasteiger partial charge in [0.2, 0.25) is 0 Å². The molecular weight excluding hydrogens is 304 g/mol. The first-order valence-corrected chi connectivity index (χ1v) is 8.89. The van der Waals surface area contributed by atoms with Gasteiger partial charge in [0.25, 0.3) is 0 Å². The summed E-state index contributed by atoms with van der Waals surface area (Å²) in [5.41, 5.74) is 2.21. The van der Waals surface area contributed by atoms with Crippen LogP contribution >= 0.6 is 11.3 Å². The largest absolute Gasteiger partial charge is 0.395 e. The van der Waals surface area contributed by atoms with Gasteiger partial charge in [-0.25, -0.2) is 0 Å². The lowest BCUT2D eigenvalue weighted by molar-refractivity contribution is 0.107. The van der Waals surface area contributed by atoms with Gasteiger partial charge in [0, 0.05) is 35.6 Å². The van der Waals surface area contributed by atoms with E-state index in [0.29, 0.717) is 0 Å². The Kier molecular flexibility index (Phi) is 5.39. The van der Waals surface area contributed by atoms with Crippen LogP contribution < -0.4 is 0 Å². The molecule has 1 atom stereocenters. The highest BCUT2D eigenvalue weighted by Gasteiger charge is 2.17. The average Bonchev–Trinajstić information content (AvgIpc) is 3.09. The second-order valence-electron chi connectivity index (χ2n) is 5.77. The predicted octanol–water partition coefficient (Wildman–Crippen LogP) is 4.07. The van der Waals surface area contributed by atoms with Gasteiger partial charge in [0.05, 0.1) is 12.1 Å². The van der Waals surface area contributed by atoms with Crippen LogP contribution in [-0.4, -0.2) is 27.6 Å². The molecule has 23 heavy (non-hydrogen) atoms. The lowest BCUT2D eigenvalue weighted by Crippen LogP contribution is -2.36. The molecule has 0 spiro atoms. The van der Waals surface area contributed by atoms with Crippen molar-refractivity contribution >= 4 is 22.2 Å². The Balaban J connectivity index is 1.83. The lowest BCUT2D eigenvalue weighted by Gasteiger charge is -2.29. The maximum atomic E-state index is 9.72. The molecule has 1 aromatic carbocycles. The second-order valence-corrected chi connectivity index (χ2v) is 6.80. The fraction of sp³-hybridized carbons (Fsp3) is 0.316. The van der Waals surface area contributed by atoms with Gasteiger partial charge in [0.1, 0.15) is 0 Å². The molecule has 1 N–H and O–H groups in total. The topological polar surface area (TPSA) is 36.4 Å². The number of aliphatic hydroxyl groups excluding tert-OH is 1. The van der Waals surface area contributed by atoms with E-state index in [1.54, 1.807) is 11.3 Å². The Morgan fingerprint density at radius 3 is 2.78 bits per heavy atom. The van der Waals surface area contributed by atoms with Gasteiger partial charge in [-0.05, 0) is 35.6 Å². The molecule has 0 aliphatic heterocycles. The van der Waals surface area contributed by atoms with E-state index < -0.39 is 0 Å². The Morgan fingerprint density at radius 2 is 2.04 bits per heavy atom. The normalized spacial score (nSPS) is 12.8. The summed E-state index contributed by atoms with van der Waals surface area (Å²) in [5.74, 6) is 0. The zero-order valence-electron chi connectivity index (χ0n) is 13.4. The molecule has 3 rings (SSSR count). The summed E-state index contributed by atoms with van der Waals surface area (Å²) < 4.78 is 0. The van der Waals surface area contributed by atoms with E-state index in [1.165, 1.54) is 10.4 Å². The smallest absolute Gasteiger partial charge is 0.0702 e. The fourth-order valence-electron chi connectivity index (χ4n) is 2.86. The van der Waals surface area contributed by atoms with Crippen LogP contribution in [0.25, 0.3) is 10.9 Å². The molecule has 4 heteroatoms. The van der Waals surface area contributed by atoms with Gasteiger partial charge in [0.15, 0.2) is 0 Å². The third-order valence-electron chi connectivity index (χ3n) is 4.17. The van der Waals surface area contributed by atoms with Gasteiger partial charge >= 0.3 is 0 Å². The maximum absolute atomic E-state index is 9.72. The first kappa shape index (κ1) is 16.1. The number of benzene rings is 1. The number of pyridine rings is 1. The molecule has 1 unspecified atom stereocenters. The van der Waals surface area contributed by atoms with Crippen LogP contribution in [0, 0.1) is 0 Å². The number of rotatable bonds is 7. The van der Waals surface area contributed by atoms with Crippen molar-refractivity contribution in [1.82, 2.24) is 9.88 Å². The zero-order chi connectivity index (χ0) is 16.1. The summed E-state index contributed by atoms with van der Waals surface area (Å²) in [4.78, 5) is 8.23. The molecule has 0 saturated heterocycles. The van der Waals surface area contributed by atoms with E-state index in [2.05, 4.69) is 46.5 Å². The Bertz CT molecular complexity index is 738. The van der Waals surface area contributed by atoms with Gasteiger partial charge < -0.3 is 5.11 Å². The lowest BCUT2D eigenvalue weighted by atomic mass is 10.1. The molecule has 0 amide bonds. The number of thiophene rings is 1. The van der Waals surface area contributed by atoms with Crippen molar-refractivity contribution in [3.63, 3.8) is 0 Å². The number of hydrogen-bond acceptors (Lipinski definition) is 4. The molecule has 3 nitrogen and oxygen atoms in total. The van der Waals surface area contributed by atoms with Crippen molar-refractivity contribution in [2.75, 3.05) is 6.61 Å². The van der Waals surface area contributed by atoms with Crippen molar-refractivity contribution in [3.05, 3.63) is 64.5 Å². The van der Waals surface area contributed by atoms with Crippen molar-refractivity contribution in [2.24, 2.45) is 0 Å². The fourth-order valence-corrected chi connectivity index (χ4v) is 3.59. The van der Waals surface area contributed by atoms with Crippen LogP contribution in [0.1, 0.15) is 23.8 Å². The molecule has 3 aromatic rings. The van der Waals surface area contributed by atoms with Gasteiger partial charge in [-0.1, -0.05) is 31.2 Å². The molecule has 0 fully saturated rings. The molecule has 0 aliphatic carbocycles. The minimum atomic E-state index is 0.170. The van der Waals surface area contributed by atoms with Crippen LogP contribution in [0.2, 0.25) is 0 Å². The molecule has 0 aliphatic rings. The van der Waals surface area contributed by atoms with E-state index in [9.17, 15) is 5.11 Å². The minimum absolute atomic E-state index is 0.170. The maximum Gasteiger partial charge on any atom is 0.0702 e. The molecule has 2 aromatic heterocycles. The first-order chi connectivity index (χ1) is 11.3. The standard InChI is InChI=1S/C19H22N2OS/c1-2-17(14-22)21(13-18-7-5-9-23-18)12-15-10-16-6-3-4-8-19(16)20-11-15/h3-11,17,22H,2,12-14H2,1H3. The van der Waals surface area contributed by atoms with E-state index in [4.69, 9.17) is 0 Å². The van der Waals surface area contributed by atoms with Crippen molar-refractivity contribution in [3.8, 4) is 0 Å². The van der Waals surface area contributed by atoms with Crippen molar-refractivity contribution in [1.29, 1.82) is 0 Å². The first-order valence-electron chi connectivity index (χ1n) is 8.01. The number of hydrogen-bond donors (Lipinski definition) is 1. The summed E-state index contributed by atoms with van der Waals surface area (Å²) in [6.07, 6.45) is 2.89. The highest BCUT2D eigenvalue weighted by Crippen LogP contribution is 2.20. The number of para-hydroxylation sites is 1. The van der Waals surface area contributed by atoms with Crippen molar-refractivity contribution in [2.45, 2.75) is 32.5 Å². The summed E-state index contributed by atoms with van der Waals surface area (Å²) in [7, 11) is 0. The summed E-state index contributed by atoms with van der Waals surface area (Å²) >= 11 is 1.76. The Labute approximate surface area is 141 Å². The number of fused-ring (bicyclic) bond motifs is 1. The van der Waals surface area contributed by atoms with Gasteiger partial charge in [-0.2, -0.15) is 0 Å². The summed E-state index contributed by atoms with van der Waals surface area (Å²) in [6, 6.07) is 14.8. The van der Waals surface area contributed by atoms with E-state index in [1.807, 2.05) is 24.4 Å². The van der Waals surface area contributed by atoms with Crippen molar-refractivity contribution < 1.29 is 5.11 Å². The highest BCUT2D eigenvalue weighted by atomic mass is 32.1. The SMILES string of the molecule is CCC(CO)N(Cc1cnc2ccccc2c1)Cc1cccs1. The zero-order valence-corrected chi connectivity index (χ0v) is 14.2. The molecule has 2 heterocycles. The monoisotopic (exact) mass is 326 g/mol. The van der Waals surface area contributed by atoms with Crippen LogP contribution in [0.5, 0.6) is 0 Å². The van der Waals surface area contributed by atoms with Gasteiger partial charge in [-0.3, -0.25) is 9.88 Å². The van der Waals surface area contributed by atoms with E-state index >= 15 is 0 Å². The van der Waals surface area contributed by atoms with Gasteiger partial charge in [-0.15, -0.1) is 11.3 Å². The quantitative estimate of drug-likeness (QED) is 0.711. The van der Waals surface area contributed by atoms with Crippen LogP contribution in [-0.2, 0) is 13.1 Å². The highest BCUT2D eigenvalue weighted by molar-refractivity contribution is 7.09. The molecule has 0 radical (unpaired) electrons. The Morgan fingerprint density at radius 1 is 1.17 bits per heavy atom. The summed E-state index contributed by atoms with van der Waals surface area (Å²) in [6.45, 7) is 3.97. The number of nitrogens with zero attached hydrogens (tertiary/aromatic N) is 2. The average molecular weight is 326 g/mol. The third kappa shape index (κ3) is 3.96. The van der Waals surface area contributed by atoms with E-state index in [0.717, 1.165) is 30.4 Å². The van der Waals surface area contributed by atoms with E-state index in [-0.39, 0.29) is 12.6 Å². The molecule has 0 saturated carbocycles. The number of aromatic nitrogens is 1. The second kappa shape index (κ2) is 7.68. The Hall–Kier alpha value is -1.75. The van der Waals surface area contributed by atoms with Crippen LogP contribution in [0.15, 0.2) is 54.0 Å². The molecule has 120 valence electrons. The van der Waals surface area contributed by atoms with Crippen LogP contribution in [0.3, 0.4) is 0 Å². The summed E-state index contributed by atoms with van der Waals surface area (Å²) in [5, 5.41) is 13.0. The molecule has 0 bridgehead atoms. The number of aliphatic hydroxyl groups is 1.